The number of hydrogen-bond donors (Lipinski definition) is 4. The van der Waals surface area contributed by atoms with Crippen molar-refractivity contribution in [2.45, 2.75) is 89.4 Å². The summed E-state index contributed by atoms with van der Waals surface area (Å²) in [6.07, 6.45) is 3.51. The Balaban J connectivity index is 1.37. The van der Waals surface area contributed by atoms with E-state index in [4.69, 9.17) is 4.74 Å². The van der Waals surface area contributed by atoms with Crippen LogP contribution >= 0.6 is 10.8 Å². The maximum absolute atomic E-state index is 13.6. The highest BCUT2D eigenvalue weighted by molar-refractivity contribution is 8.22. The zero-order valence-electron chi connectivity index (χ0n) is 27.3. The first-order valence-corrected chi connectivity index (χ1v) is 17.7. The average molecular weight is 662 g/mol. The number of ether oxygens (including phenoxy) is 1. The Bertz CT molecular complexity index is 1790. The lowest BCUT2D eigenvalue weighted by Crippen LogP contribution is -2.50. The van der Waals surface area contributed by atoms with Crippen LogP contribution in [0.4, 0.5) is 0 Å². The van der Waals surface area contributed by atoms with Crippen LogP contribution in [0.2, 0.25) is 0 Å². The van der Waals surface area contributed by atoms with Gasteiger partial charge in [0, 0.05) is 38.2 Å². The van der Waals surface area contributed by atoms with Crippen molar-refractivity contribution >= 4 is 33.6 Å². The number of nitrogens with zero attached hydrogens (tertiary/aromatic N) is 5. The van der Waals surface area contributed by atoms with Crippen LogP contribution in [0.1, 0.15) is 73.3 Å². The van der Waals surface area contributed by atoms with E-state index in [0.717, 1.165) is 45.3 Å². The lowest BCUT2D eigenvalue weighted by molar-refractivity contribution is -0.130. The maximum atomic E-state index is 13.6. The summed E-state index contributed by atoms with van der Waals surface area (Å²) in [5, 5.41) is 14.6. The van der Waals surface area contributed by atoms with Crippen molar-refractivity contribution in [3.05, 3.63) is 76.5 Å². The molecule has 2 unspecified atom stereocenters. The molecular formula is C34H43N7O5S. The molecule has 13 heteroatoms. The number of hydrogen-bond acceptors (Lipinski definition) is 9. The van der Waals surface area contributed by atoms with Gasteiger partial charge in [-0.3, -0.25) is 18.7 Å². The highest BCUT2D eigenvalue weighted by Crippen LogP contribution is 2.57. The molecule has 2 aromatic carbocycles. The van der Waals surface area contributed by atoms with Crippen LogP contribution in [-0.4, -0.2) is 70.4 Å². The molecule has 1 fully saturated rings. The summed E-state index contributed by atoms with van der Waals surface area (Å²) in [5.41, 5.74) is 6.37. The molecule has 0 spiro atoms. The van der Waals surface area contributed by atoms with E-state index in [1.54, 1.807) is 22.6 Å². The molecule has 4 N–H and O–H groups in total. The molecule has 0 radical (unpaired) electrons. The summed E-state index contributed by atoms with van der Waals surface area (Å²) in [4.78, 5) is 30.6. The molecule has 250 valence electrons. The fraction of sp³-hybridized carbons (Fsp3) is 0.441. The third kappa shape index (κ3) is 6.57. The van der Waals surface area contributed by atoms with Gasteiger partial charge in [-0.05, 0) is 86.1 Å². The normalized spacial score (nSPS) is 20.9. The fourth-order valence-corrected chi connectivity index (χ4v) is 8.09. The molecule has 2 amide bonds. The first-order valence-electron chi connectivity index (χ1n) is 16.2. The second-order valence-electron chi connectivity index (χ2n) is 12.3. The number of piperidine rings is 1. The number of fused-ring (bicyclic) bond motifs is 2. The van der Waals surface area contributed by atoms with E-state index in [9.17, 15) is 18.7 Å². The lowest BCUT2D eigenvalue weighted by Gasteiger charge is -2.41. The summed E-state index contributed by atoms with van der Waals surface area (Å²) in [6.45, 7) is 9.87. The molecule has 3 atom stereocenters. The topological polar surface area (TPSA) is 155 Å². The lowest BCUT2D eigenvalue weighted by atomic mass is 9.84. The van der Waals surface area contributed by atoms with Crippen LogP contribution in [0.5, 0.6) is 5.88 Å². The van der Waals surface area contributed by atoms with Crippen molar-refractivity contribution in [3.8, 4) is 5.88 Å². The Morgan fingerprint density at radius 3 is 2.79 bits per heavy atom. The number of aryl methyl sites for hydroxylation is 3. The number of amides is 2. The van der Waals surface area contributed by atoms with Crippen molar-refractivity contribution in [3.63, 3.8) is 0 Å². The Morgan fingerprint density at radius 2 is 2.02 bits per heavy atom. The molecule has 47 heavy (non-hydrogen) atoms. The van der Waals surface area contributed by atoms with E-state index in [-0.39, 0.29) is 47.6 Å². The maximum Gasteiger partial charge on any atom is 0.242 e. The highest BCUT2D eigenvalue weighted by atomic mass is 32.3. The SMILES string of the molecule is CCC1CN(Cc2cc([C@H](CC(=O)NC3CCCNC3=O)c3ccc4c(nnn4CC)c3C)ccc2C)S(O)(O)c2cccnc2O1. The summed E-state index contributed by atoms with van der Waals surface area (Å²) < 4.78 is 32.8. The van der Waals surface area contributed by atoms with E-state index in [1.165, 1.54) is 0 Å². The first-order chi connectivity index (χ1) is 22.6. The molecule has 2 aliphatic rings. The molecular weight excluding hydrogens is 618 g/mol. The van der Waals surface area contributed by atoms with Crippen LogP contribution in [0, 0.1) is 13.8 Å². The molecule has 0 aliphatic carbocycles. The van der Waals surface area contributed by atoms with Crippen LogP contribution in [0.25, 0.3) is 11.0 Å². The van der Waals surface area contributed by atoms with Gasteiger partial charge in [0.2, 0.25) is 17.7 Å². The predicted molar refractivity (Wildman–Crippen MR) is 180 cm³/mol. The van der Waals surface area contributed by atoms with Crippen molar-refractivity contribution in [1.29, 1.82) is 0 Å². The van der Waals surface area contributed by atoms with Gasteiger partial charge in [-0.1, -0.05) is 36.4 Å². The predicted octanol–water partition coefficient (Wildman–Crippen LogP) is 5.08. The molecule has 2 aromatic heterocycles. The van der Waals surface area contributed by atoms with Crippen LogP contribution in [0.3, 0.4) is 0 Å². The molecule has 0 bridgehead atoms. The molecule has 12 nitrogen and oxygen atoms in total. The molecule has 0 saturated carbocycles. The van der Waals surface area contributed by atoms with Gasteiger partial charge in [-0.15, -0.1) is 15.9 Å². The highest BCUT2D eigenvalue weighted by Gasteiger charge is 2.36. The van der Waals surface area contributed by atoms with Crippen LogP contribution in [-0.2, 0) is 22.7 Å². The van der Waals surface area contributed by atoms with Gasteiger partial charge in [0.1, 0.15) is 22.6 Å². The van der Waals surface area contributed by atoms with Crippen molar-refractivity contribution < 1.29 is 23.4 Å². The Hall–Kier alpha value is -4.04. The molecule has 6 rings (SSSR count). The standard InChI is InChI=1S/C34H43N7O5S/c1-5-25-20-40(47(44,45)30-10-8-16-36-34(30)46-25)19-24-17-23(12-11-21(24)3)27(18-31(42)37-28-9-7-15-35-33(28)43)26-13-14-29-32(22(26)4)38-39-41(29)6-2/h8,10-14,16-17,25,27-28,44-45H,5-7,9,15,18-20H2,1-4H3,(H,35,43)(H,37,42)/t25?,27-,28?/m0/s1. The van der Waals surface area contributed by atoms with Crippen molar-refractivity contribution in [2.75, 3.05) is 13.1 Å². The molecule has 1 saturated heterocycles. The Morgan fingerprint density at radius 1 is 1.19 bits per heavy atom. The third-order valence-corrected chi connectivity index (χ3v) is 11.2. The zero-order valence-corrected chi connectivity index (χ0v) is 28.1. The van der Waals surface area contributed by atoms with E-state index in [2.05, 4.69) is 32.0 Å². The van der Waals surface area contributed by atoms with Gasteiger partial charge in [0.15, 0.2) is 0 Å². The van der Waals surface area contributed by atoms with Crippen molar-refractivity contribution in [2.24, 2.45) is 0 Å². The quantitative estimate of drug-likeness (QED) is 0.192. The third-order valence-electron chi connectivity index (χ3n) is 9.32. The molecule has 2 aliphatic heterocycles. The zero-order chi connectivity index (χ0) is 33.3. The number of rotatable bonds is 9. The van der Waals surface area contributed by atoms with E-state index >= 15 is 0 Å². The minimum absolute atomic E-state index is 0.115. The summed E-state index contributed by atoms with van der Waals surface area (Å²) in [6, 6.07) is 12.9. The number of aromatic nitrogens is 4. The van der Waals surface area contributed by atoms with Gasteiger partial charge in [0.25, 0.3) is 0 Å². The smallest absolute Gasteiger partial charge is 0.242 e. The molecule has 4 aromatic rings. The minimum atomic E-state index is -3.41. The van der Waals surface area contributed by atoms with Gasteiger partial charge in [-0.2, -0.15) is 4.31 Å². The second kappa shape index (κ2) is 13.6. The Labute approximate surface area is 276 Å². The largest absolute Gasteiger partial charge is 0.472 e. The fourth-order valence-electron chi connectivity index (χ4n) is 6.52. The monoisotopic (exact) mass is 661 g/mol. The van der Waals surface area contributed by atoms with Gasteiger partial charge in [-0.25, -0.2) is 9.67 Å². The number of nitrogens with one attached hydrogen (secondary N) is 2. The average Bonchev–Trinajstić information content (AvgIpc) is 3.45. The molecule has 4 heterocycles. The minimum Gasteiger partial charge on any atom is -0.472 e. The van der Waals surface area contributed by atoms with E-state index < -0.39 is 16.8 Å². The number of pyridine rings is 1. The second-order valence-corrected chi connectivity index (χ2v) is 14.3. The van der Waals surface area contributed by atoms with Gasteiger partial charge >= 0.3 is 0 Å². The summed E-state index contributed by atoms with van der Waals surface area (Å²) in [7, 11) is -3.41. The van der Waals surface area contributed by atoms with Gasteiger partial charge < -0.3 is 15.4 Å². The van der Waals surface area contributed by atoms with Crippen LogP contribution < -0.4 is 15.4 Å². The number of carbonyl (C=O) groups excluding carboxylic acids is 2. The number of benzene rings is 2. The van der Waals surface area contributed by atoms with E-state index in [1.807, 2.05) is 56.6 Å². The first kappa shape index (κ1) is 32.9. The number of carbonyl (C=O) groups is 2. The van der Waals surface area contributed by atoms with Gasteiger partial charge in [0.05, 0.1) is 12.1 Å². The summed E-state index contributed by atoms with van der Waals surface area (Å²) >= 11 is 0. The van der Waals surface area contributed by atoms with Crippen LogP contribution in [0.15, 0.2) is 53.6 Å². The van der Waals surface area contributed by atoms with Crippen molar-refractivity contribution in [1.82, 2.24) is 34.9 Å². The Kier molecular flexibility index (Phi) is 9.51. The van der Waals surface area contributed by atoms with E-state index in [0.29, 0.717) is 32.5 Å². The summed E-state index contributed by atoms with van der Waals surface area (Å²) in [5.74, 6) is -0.492.